The summed E-state index contributed by atoms with van der Waals surface area (Å²) in [5, 5.41) is 11.3. The molecule has 27 heavy (non-hydrogen) atoms. The Balaban J connectivity index is 1.64. The third kappa shape index (κ3) is 2.93. The first-order chi connectivity index (χ1) is 12.3. The van der Waals surface area contributed by atoms with Gasteiger partial charge >= 0.3 is 0 Å². The minimum atomic E-state index is -0.551. The predicted octanol–water partition coefficient (Wildman–Crippen LogP) is 4.68. The van der Waals surface area contributed by atoms with Gasteiger partial charge in [0, 0.05) is 0 Å². The third-order valence-corrected chi connectivity index (χ3v) is 8.96. The molecule has 4 heteroatoms. The van der Waals surface area contributed by atoms with E-state index in [1.165, 1.54) is 19.3 Å². The zero-order valence-electron chi connectivity index (χ0n) is 18.4. The maximum Gasteiger partial charge on any atom is 0.163 e. The molecule has 0 spiro atoms. The van der Waals surface area contributed by atoms with Crippen LogP contribution < -0.4 is 0 Å². The Hall–Kier alpha value is -0.160. The van der Waals surface area contributed by atoms with E-state index in [2.05, 4.69) is 34.6 Å². The number of rotatable bonds is 1. The van der Waals surface area contributed by atoms with E-state index in [1.807, 2.05) is 13.8 Å². The van der Waals surface area contributed by atoms with Gasteiger partial charge in [-0.05, 0) is 82.5 Å². The lowest BCUT2D eigenvalue weighted by atomic mass is 9.43. The van der Waals surface area contributed by atoms with Gasteiger partial charge in [-0.15, -0.1) is 0 Å². The van der Waals surface area contributed by atoms with E-state index in [-0.39, 0.29) is 11.5 Å². The van der Waals surface area contributed by atoms with Crippen LogP contribution in [-0.4, -0.2) is 40.9 Å². The number of aliphatic hydroxyl groups is 1. The maximum atomic E-state index is 11.3. The molecule has 156 valence electrons. The highest BCUT2D eigenvalue weighted by molar-refractivity contribution is 5.14. The standard InChI is InChI=1S/C23H40O4/c1-19(2)10-8-11-21(5)15-9-12-22(6,18-14-25-20(3,4)26-18)27-23(15,7)17(24)13-16(19)21/h15-18,24H,8-14H2,1-7H3/t15-,16+,17-,18+,21-,22+,23+/m1/s1. The molecule has 2 heterocycles. The molecule has 0 radical (unpaired) electrons. The molecular weight excluding hydrogens is 340 g/mol. The highest BCUT2D eigenvalue weighted by Crippen LogP contribution is 2.65. The van der Waals surface area contributed by atoms with Crippen molar-refractivity contribution in [3.63, 3.8) is 0 Å². The molecule has 0 amide bonds. The van der Waals surface area contributed by atoms with Crippen molar-refractivity contribution in [1.82, 2.24) is 0 Å². The number of fused-ring (bicyclic) bond motifs is 3. The van der Waals surface area contributed by atoms with E-state index in [0.717, 1.165) is 19.3 Å². The van der Waals surface area contributed by atoms with E-state index in [0.29, 0.717) is 23.9 Å². The van der Waals surface area contributed by atoms with Crippen molar-refractivity contribution >= 4 is 0 Å². The van der Waals surface area contributed by atoms with Crippen LogP contribution in [0.5, 0.6) is 0 Å². The van der Waals surface area contributed by atoms with Crippen LogP contribution in [0.25, 0.3) is 0 Å². The maximum absolute atomic E-state index is 11.3. The van der Waals surface area contributed by atoms with Crippen LogP contribution in [0.2, 0.25) is 0 Å². The first kappa shape index (κ1) is 20.1. The van der Waals surface area contributed by atoms with E-state index in [4.69, 9.17) is 14.2 Å². The van der Waals surface area contributed by atoms with Gasteiger partial charge in [0.25, 0.3) is 0 Å². The minimum absolute atomic E-state index is 0.0780. The molecule has 2 aliphatic carbocycles. The summed E-state index contributed by atoms with van der Waals surface area (Å²) in [5.74, 6) is 0.399. The second-order valence-electron chi connectivity index (χ2n) is 11.7. The van der Waals surface area contributed by atoms with Gasteiger partial charge in [0.15, 0.2) is 5.79 Å². The molecule has 0 aromatic rings. The zero-order chi connectivity index (χ0) is 19.9. The van der Waals surface area contributed by atoms with E-state index in [1.54, 1.807) is 0 Å². The number of ether oxygens (including phenoxy) is 3. The third-order valence-electron chi connectivity index (χ3n) is 8.96. The predicted molar refractivity (Wildman–Crippen MR) is 105 cm³/mol. The molecule has 4 aliphatic rings. The molecular formula is C23H40O4. The quantitative estimate of drug-likeness (QED) is 0.717. The first-order valence-electron chi connectivity index (χ1n) is 11.0. The molecule has 4 nitrogen and oxygen atoms in total. The van der Waals surface area contributed by atoms with Gasteiger partial charge in [0.1, 0.15) is 6.10 Å². The molecule has 2 saturated carbocycles. The van der Waals surface area contributed by atoms with Crippen molar-refractivity contribution in [2.24, 2.45) is 22.7 Å². The number of hydrogen-bond acceptors (Lipinski definition) is 4. The van der Waals surface area contributed by atoms with Crippen molar-refractivity contribution in [2.45, 2.75) is 116 Å². The fourth-order valence-electron chi connectivity index (χ4n) is 7.47. The average molecular weight is 381 g/mol. The summed E-state index contributed by atoms with van der Waals surface area (Å²) in [4.78, 5) is 0. The number of aliphatic hydroxyl groups excluding tert-OH is 1. The smallest absolute Gasteiger partial charge is 0.163 e. The van der Waals surface area contributed by atoms with Gasteiger partial charge < -0.3 is 19.3 Å². The lowest BCUT2D eigenvalue weighted by molar-refractivity contribution is -0.319. The molecule has 1 N–H and O–H groups in total. The molecule has 0 bridgehead atoms. The first-order valence-corrected chi connectivity index (χ1v) is 11.0. The molecule has 2 aliphatic heterocycles. The molecule has 2 saturated heterocycles. The average Bonchev–Trinajstić information content (AvgIpc) is 2.90. The highest BCUT2D eigenvalue weighted by Gasteiger charge is 2.66. The lowest BCUT2D eigenvalue weighted by Crippen LogP contribution is -2.69. The van der Waals surface area contributed by atoms with Gasteiger partial charge in [0.05, 0.1) is 23.9 Å². The van der Waals surface area contributed by atoms with Crippen molar-refractivity contribution in [3.8, 4) is 0 Å². The van der Waals surface area contributed by atoms with Crippen LogP contribution in [0.15, 0.2) is 0 Å². The van der Waals surface area contributed by atoms with Crippen LogP contribution in [0.1, 0.15) is 87.0 Å². The fraction of sp³-hybridized carbons (Fsp3) is 1.00. The van der Waals surface area contributed by atoms with Crippen molar-refractivity contribution in [3.05, 3.63) is 0 Å². The Morgan fingerprint density at radius 1 is 0.889 bits per heavy atom. The van der Waals surface area contributed by atoms with Crippen molar-refractivity contribution < 1.29 is 19.3 Å². The number of hydrogen-bond donors (Lipinski definition) is 1. The van der Waals surface area contributed by atoms with Crippen LogP contribution in [0.4, 0.5) is 0 Å². The second kappa shape index (κ2) is 5.93. The van der Waals surface area contributed by atoms with Gasteiger partial charge in [-0.3, -0.25) is 0 Å². The van der Waals surface area contributed by atoms with E-state index < -0.39 is 23.1 Å². The van der Waals surface area contributed by atoms with Gasteiger partial charge in [-0.1, -0.05) is 27.2 Å². The Labute approximate surface area is 165 Å². The second-order valence-corrected chi connectivity index (χ2v) is 11.7. The molecule has 7 atom stereocenters. The Morgan fingerprint density at radius 2 is 1.59 bits per heavy atom. The van der Waals surface area contributed by atoms with E-state index >= 15 is 0 Å². The molecule has 4 fully saturated rings. The molecule has 0 aromatic carbocycles. The van der Waals surface area contributed by atoms with Crippen LogP contribution in [-0.2, 0) is 14.2 Å². The Kier molecular flexibility index (Phi) is 4.42. The largest absolute Gasteiger partial charge is 0.390 e. The Bertz CT molecular complexity index is 601. The van der Waals surface area contributed by atoms with Crippen LogP contribution in [0.3, 0.4) is 0 Å². The van der Waals surface area contributed by atoms with Gasteiger partial charge in [-0.25, -0.2) is 0 Å². The SMILES string of the molecule is CC1(C)OC[C@@H]([C@]2(C)CC[C@@H]3[C@@]4(C)CCCC(C)(C)[C@@H]4C[C@@H](O)[C@@]3(C)O2)O1. The van der Waals surface area contributed by atoms with E-state index in [9.17, 15) is 5.11 Å². The molecule has 0 aromatic heterocycles. The van der Waals surface area contributed by atoms with Crippen LogP contribution >= 0.6 is 0 Å². The normalized spacial score (nSPS) is 54.2. The highest BCUT2D eigenvalue weighted by atomic mass is 16.8. The monoisotopic (exact) mass is 380 g/mol. The summed E-state index contributed by atoms with van der Waals surface area (Å²) in [7, 11) is 0. The van der Waals surface area contributed by atoms with Gasteiger partial charge in [0.2, 0.25) is 0 Å². The summed E-state index contributed by atoms with van der Waals surface area (Å²) < 4.78 is 18.9. The molecule has 4 rings (SSSR count). The summed E-state index contributed by atoms with van der Waals surface area (Å²) in [6.45, 7) is 16.1. The summed E-state index contributed by atoms with van der Waals surface area (Å²) in [6.07, 6.45) is 6.21. The summed E-state index contributed by atoms with van der Waals surface area (Å²) in [5.41, 5.74) is -0.388. The fourth-order valence-corrected chi connectivity index (χ4v) is 7.47. The lowest BCUT2D eigenvalue weighted by Gasteiger charge is -2.67. The van der Waals surface area contributed by atoms with Crippen molar-refractivity contribution in [1.29, 1.82) is 0 Å². The minimum Gasteiger partial charge on any atom is -0.390 e. The zero-order valence-corrected chi connectivity index (χ0v) is 18.4. The topological polar surface area (TPSA) is 47.9 Å². The Morgan fingerprint density at radius 3 is 2.22 bits per heavy atom. The van der Waals surface area contributed by atoms with Crippen LogP contribution in [0, 0.1) is 22.7 Å². The summed E-state index contributed by atoms with van der Waals surface area (Å²) in [6, 6.07) is 0. The summed E-state index contributed by atoms with van der Waals surface area (Å²) >= 11 is 0. The molecule has 0 unspecified atom stereocenters. The van der Waals surface area contributed by atoms with Gasteiger partial charge in [-0.2, -0.15) is 0 Å². The van der Waals surface area contributed by atoms with Crippen molar-refractivity contribution in [2.75, 3.05) is 6.61 Å².